The van der Waals surface area contributed by atoms with Crippen LogP contribution >= 0.6 is 27.5 Å². The molecule has 0 aromatic heterocycles. The van der Waals surface area contributed by atoms with Crippen molar-refractivity contribution in [1.82, 2.24) is 5.32 Å². The van der Waals surface area contributed by atoms with E-state index in [0.717, 1.165) is 4.47 Å². The van der Waals surface area contributed by atoms with Gasteiger partial charge in [-0.3, -0.25) is 0 Å². The molecule has 0 saturated carbocycles. The molecule has 3 nitrogen and oxygen atoms in total. The fraction of sp³-hybridized carbons (Fsp3) is 0.125. The molecule has 1 rings (SSSR count). The number of nitrogens with one attached hydrogen (secondary N) is 2. The van der Waals surface area contributed by atoms with Gasteiger partial charge in [0.15, 0.2) is 0 Å². The van der Waals surface area contributed by atoms with E-state index in [1.54, 1.807) is 25.2 Å². The van der Waals surface area contributed by atoms with Crippen LogP contribution in [0.5, 0.6) is 0 Å². The molecule has 13 heavy (non-hydrogen) atoms. The van der Waals surface area contributed by atoms with Crippen LogP contribution in [0.3, 0.4) is 0 Å². The molecule has 0 radical (unpaired) electrons. The van der Waals surface area contributed by atoms with Gasteiger partial charge in [-0.1, -0.05) is 27.5 Å². The Labute approximate surface area is 89.6 Å². The predicted molar refractivity (Wildman–Crippen MR) is 57.2 cm³/mol. The smallest absolute Gasteiger partial charge is 0.319 e. The summed E-state index contributed by atoms with van der Waals surface area (Å²) in [4.78, 5) is 10.9. The van der Waals surface area contributed by atoms with Crippen LogP contribution in [-0.2, 0) is 0 Å². The van der Waals surface area contributed by atoms with E-state index in [1.165, 1.54) is 0 Å². The summed E-state index contributed by atoms with van der Waals surface area (Å²) in [6.07, 6.45) is 0. The minimum absolute atomic E-state index is 0.288. The van der Waals surface area contributed by atoms with E-state index in [9.17, 15) is 4.79 Å². The standard InChI is InChI=1S/C8H8BrClN2O/c1-11-8(13)12-7-3-2-5(9)4-6(7)10/h2-4H,1H3,(H2,11,12,13). The van der Waals surface area contributed by atoms with E-state index < -0.39 is 0 Å². The molecule has 0 bridgehead atoms. The topological polar surface area (TPSA) is 41.1 Å². The van der Waals surface area contributed by atoms with Crippen molar-refractivity contribution in [1.29, 1.82) is 0 Å². The monoisotopic (exact) mass is 262 g/mol. The third-order valence-electron chi connectivity index (χ3n) is 1.41. The molecule has 70 valence electrons. The maximum absolute atomic E-state index is 10.9. The second kappa shape index (κ2) is 4.48. The summed E-state index contributed by atoms with van der Waals surface area (Å²) < 4.78 is 0.875. The molecule has 2 N–H and O–H groups in total. The van der Waals surface area contributed by atoms with Gasteiger partial charge in [0, 0.05) is 11.5 Å². The molecule has 1 aromatic carbocycles. The highest BCUT2D eigenvalue weighted by Gasteiger charge is 2.03. The number of hydrogen-bond donors (Lipinski definition) is 2. The van der Waals surface area contributed by atoms with Crippen LogP contribution in [0.15, 0.2) is 22.7 Å². The lowest BCUT2D eigenvalue weighted by Gasteiger charge is -2.06. The minimum atomic E-state index is -0.288. The van der Waals surface area contributed by atoms with Crippen LogP contribution in [0.4, 0.5) is 10.5 Å². The number of urea groups is 1. The number of hydrogen-bond acceptors (Lipinski definition) is 1. The Balaban J connectivity index is 2.83. The maximum Gasteiger partial charge on any atom is 0.319 e. The Kier molecular flexibility index (Phi) is 3.57. The Morgan fingerprint density at radius 2 is 2.23 bits per heavy atom. The van der Waals surface area contributed by atoms with Gasteiger partial charge >= 0.3 is 6.03 Å². The number of carbonyl (C=O) groups is 1. The molecular weight excluding hydrogens is 255 g/mol. The van der Waals surface area contributed by atoms with Crippen LogP contribution in [-0.4, -0.2) is 13.1 Å². The molecule has 2 amide bonds. The van der Waals surface area contributed by atoms with Crippen molar-refractivity contribution in [3.63, 3.8) is 0 Å². The number of benzene rings is 1. The average molecular weight is 264 g/mol. The predicted octanol–water partition coefficient (Wildman–Crippen LogP) is 2.85. The number of carbonyl (C=O) groups excluding carboxylic acids is 1. The van der Waals surface area contributed by atoms with Gasteiger partial charge in [0.2, 0.25) is 0 Å². The van der Waals surface area contributed by atoms with Crippen molar-refractivity contribution >= 4 is 39.2 Å². The Hall–Kier alpha value is -0.740. The third-order valence-corrected chi connectivity index (χ3v) is 2.21. The summed E-state index contributed by atoms with van der Waals surface area (Å²) in [5, 5.41) is 5.52. The number of amides is 2. The first-order valence-corrected chi connectivity index (χ1v) is 4.74. The van der Waals surface area contributed by atoms with Crippen molar-refractivity contribution in [2.45, 2.75) is 0 Å². The van der Waals surface area contributed by atoms with Crippen molar-refractivity contribution in [2.24, 2.45) is 0 Å². The number of halogens is 2. The summed E-state index contributed by atoms with van der Waals surface area (Å²) in [5.41, 5.74) is 0.587. The molecule has 0 fully saturated rings. The Bertz CT molecular complexity index is 330. The highest BCUT2D eigenvalue weighted by atomic mass is 79.9. The molecule has 0 atom stereocenters. The summed E-state index contributed by atoms with van der Waals surface area (Å²) >= 11 is 9.12. The molecule has 0 heterocycles. The summed E-state index contributed by atoms with van der Waals surface area (Å²) in [6, 6.07) is 4.95. The molecular formula is C8H8BrClN2O. The molecule has 0 aliphatic rings. The van der Waals surface area contributed by atoms with Crippen LogP contribution < -0.4 is 10.6 Å². The molecule has 0 aliphatic heterocycles. The highest BCUT2D eigenvalue weighted by Crippen LogP contribution is 2.25. The van der Waals surface area contributed by atoms with Gasteiger partial charge in [-0.05, 0) is 18.2 Å². The zero-order valence-electron chi connectivity index (χ0n) is 6.90. The second-order valence-corrected chi connectivity index (χ2v) is 3.65. The van der Waals surface area contributed by atoms with Gasteiger partial charge in [0.05, 0.1) is 10.7 Å². The summed E-state index contributed by atoms with van der Waals surface area (Å²) in [7, 11) is 1.54. The van der Waals surface area contributed by atoms with Gasteiger partial charge in [0.1, 0.15) is 0 Å². The lowest BCUT2D eigenvalue weighted by molar-refractivity contribution is 0.254. The normalized spacial score (nSPS) is 9.46. The molecule has 0 unspecified atom stereocenters. The van der Waals surface area contributed by atoms with Crippen molar-refractivity contribution < 1.29 is 4.79 Å². The van der Waals surface area contributed by atoms with Crippen LogP contribution in [0.1, 0.15) is 0 Å². The van der Waals surface area contributed by atoms with Crippen molar-refractivity contribution in [2.75, 3.05) is 12.4 Å². The molecule has 0 saturated heterocycles. The van der Waals surface area contributed by atoms with Crippen LogP contribution in [0, 0.1) is 0 Å². The first-order chi connectivity index (χ1) is 6.13. The largest absolute Gasteiger partial charge is 0.341 e. The van der Waals surface area contributed by atoms with E-state index in [4.69, 9.17) is 11.6 Å². The van der Waals surface area contributed by atoms with Gasteiger partial charge < -0.3 is 10.6 Å². The number of rotatable bonds is 1. The van der Waals surface area contributed by atoms with E-state index >= 15 is 0 Å². The van der Waals surface area contributed by atoms with Crippen LogP contribution in [0.25, 0.3) is 0 Å². The summed E-state index contributed by atoms with van der Waals surface area (Å²) in [5.74, 6) is 0. The molecule has 5 heteroatoms. The third kappa shape index (κ3) is 2.90. The van der Waals surface area contributed by atoms with Crippen molar-refractivity contribution in [3.05, 3.63) is 27.7 Å². The highest BCUT2D eigenvalue weighted by molar-refractivity contribution is 9.10. The molecule has 0 aliphatic carbocycles. The average Bonchev–Trinajstić information content (AvgIpc) is 2.09. The Morgan fingerprint density at radius 1 is 1.54 bits per heavy atom. The SMILES string of the molecule is CNC(=O)Nc1ccc(Br)cc1Cl. The first-order valence-electron chi connectivity index (χ1n) is 3.57. The number of anilines is 1. The first kappa shape index (κ1) is 10.3. The van der Waals surface area contributed by atoms with Crippen molar-refractivity contribution in [3.8, 4) is 0 Å². The fourth-order valence-electron chi connectivity index (χ4n) is 0.776. The minimum Gasteiger partial charge on any atom is -0.341 e. The quantitative estimate of drug-likeness (QED) is 0.804. The zero-order valence-corrected chi connectivity index (χ0v) is 9.24. The van der Waals surface area contributed by atoms with E-state index in [-0.39, 0.29) is 6.03 Å². The zero-order chi connectivity index (χ0) is 9.84. The van der Waals surface area contributed by atoms with E-state index in [1.807, 2.05) is 0 Å². The molecule has 1 aromatic rings. The van der Waals surface area contributed by atoms with Gasteiger partial charge in [-0.15, -0.1) is 0 Å². The van der Waals surface area contributed by atoms with Gasteiger partial charge in [0.25, 0.3) is 0 Å². The Morgan fingerprint density at radius 3 is 2.77 bits per heavy atom. The van der Waals surface area contributed by atoms with Gasteiger partial charge in [-0.2, -0.15) is 0 Å². The maximum atomic E-state index is 10.9. The summed E-state index contributed by atoms with van der Waals surface area (Å²) in [6.45, 7) is 0. The van der Waals surface area contributed by atoms with E-state index in [2.05, 4.69) is 26.6 Å². The fourth-order valence-corrected chi connectivity index (χ4v) is 1.50. The lowest BCUT2D eigenvalue weighted by atomic mass is 10.3. The second-order valence-electron chi connectivity index (χ2n) is 2.33. The van der Waals surface area contributed by atoms with Crippen LogP contribution in [0.2, 0.25) is 5.02 Å². The van der Waals surface area contributed by atoms with E-state index in [0.29, 0.717) is 10.7 Å². The molecule has 0 spiro atoms. The lowest BCUT2D eigenvalue weighted by Crippen LogP contribution is -2.24. The van der Waals surface area contributed by atoms with Gasteiger partial charge in [-0.25, -0.2) is 4.79 Å².